The maximum Gasteiger partial charge on any atom is 0.171 e. The van der Waals surface area contributed by atoms with Gasteiger partial charge >= 0.3 is 0 Å². The molecule has 1 saturated carbocycles. The highest BCUT2D eigenvalue weighted by Gasteiger charge is 2.49. The zero-order valence-corrected chi connectivity index (χ0v) is 20.8. The van der Waals surface area contributed by atoms with Crippen molar-refractivity contribution < 1.29 is 5.11 Å². The van der Waals surface area contributed by atoms with E-state index in [1.165, 1.54) is 0 Å². The van der Waals surface area contributed by atoms with Crippen molar-refractivity contribution in [2.45, 2.75) is 30.9 Å². The van der Waals surface area contributed by atoms with Crippen molar-refractivity contribution in [3.05, 3.63) is 96.8 Å². The number of nitrogens with two attached hydrogens (primary N) is 1. The van der Waals surface area contributed by atoms with Crippen molar-refractivity contribution in [3.8, 4) is 33.9 Å². The second-order valence-corrected chi connectivity index (χ2v) is 10.4. The van der Waals surface area contributed by atoms with E-state index < -0.39 is 11.1 Å². The van der Waals surface area contributed by atoms with Crippen molar-refractivity contribution in [1.82, 2.24) is 29.5 Å². The number of fused-ring (bicyclic) bond motifs is 3. The van der Waals surface area contributed by atoms with Crippen LogP contribution in [-0.2, 0) is 5.54 Å². The lowest BCUT2D eigenvalue weighted by atomic mass is 9.63. The van der Waals surface area contributed by atoms with Crippen molar-refractivity contribution in [3.63, 3.8) is 0 Å². The van der Waals surface area contributed by atoms with Gasteiger partial charge in [-0.05, 0) is 49.6 Å². The highest BCUT2D eigenvalue weighted by molar-refractivity contribution is 5.87. The van der Waals surface area contributed by atoms with E-state index in [0.717, 1.165) is 39.2 Å². The Kier molecular flexibility index (Phi) is 4.91. The smallest absolute Gasteiger partial charge is 0.171 e. The number of benzene rings is 2. The second kappa shape index (κ2) is 8.24. The maximum atomic E-state index is 10.2. The summed E-state index contributed by atoms with van der Waals surface area (Å²) in [5.41, 5.74) is 12.7. The van der Waals surface area contributed by atoms with E-state index in [9.17, 15) is 5.11 Å². The molecule has 6 aromatic rings. The van der Waals surface area contributed by atoms with Gasteiger partial charge < -0.3 is 10.8 Å². The number of hydrogen-bond acceptors (Lipinski definition) is 7. The zero-order chi connectivity index (χ0) is 25.9. The third kappa shape index (κ3) is 3.65. The van der Waals surface area contributed by atoms with Gasteiger partial charge in [-0.15, -0.1) is 10.2 Å². The quantitative estimate of drug-likeness (QED) is 0.359. The van der Waals surface area contributed by atoms with Crippen LogP contribution in [0.25, 0.3) is 50.7 Å². The Morgan fingerprint density at radius 1 is 0.789 bits per heavy atom. The first-order valence-electron chi connectivity index (χ1n) is 12.5. The molecular weight excluding hydrogens is 474 g/mol. The minimum absolute atomic E-state index is 0.512. The number of aliphatic hydroxyl groups is 1. The average Bonchev–Trinajstić information content (AvgIpc) is 3.37. The lowest BCUT2D eigenvalue weighted by Gasteiger charge is -2.49. The topological polar surface area (TPSA) is 115 Å². The van der Waals surface area contributed by atoms with Crippen molar-refractivity contribution in [2.24, 2.45) is 5.73 Å². The first-order chi connectivity index (χ1) is 18.4. The molecule has 1 aliphatic carbocycles. The number of pyridine rings is 2. The summed E-state index contributed by atoms with van der Waals surface area (Å²) in [6.07, 6.45) is 4.58. The standard InChI is InChI=1S/C30H25N7O/c1-29(38)17-30(31,18-29)22-11-9-20(10-12-22)25-26(19-6-3-2-4-7-19)34-28-23(33-25)13-14-24-35-36-27(37(24)28)21-8-5-15-32-16-21/h2-16,38H,17-18,31H2,1H3. The van der Waals surface area contributed by atoms with Crippen LogP contribution in [0.1, 0.15) is 25.3 Å². The fourth-order valence-electron chi connectivity index (χ4n) is 5.63. The molecular formula is C30H25N7O. The van der Waals surface area contributed by atoms with Gasteiger partial charge in [0, 0.05) is 34.6 Å². The summed E-state index contributed by atoms with van der Waals surface area (Å²) in [5.74, 6) is 0.661. The van der Waals surface area contributed by atoms with E-state index in [4.69, 9.17) is 15.7 Å². The molecule has 2 aromatic carbocycles. The summed E-state index contributed by atoms with van der Waals surface area (Å²) in [7, 11) is 0. The van der Waals surface area contributed by atoms with E-state index in [2.05, 4.69) is 15.2 Å². The third-order valence-corrected chi connectivity index (χ3v) is 7.29. The summed E-state index contributed by atoms with van der Waals surface area (Å²) in [5, 5.41) is 19.0. The normalized spacial score (nSPS) is 21.0. The molecule has 4 heterocycles. The van der Waals surface area contributed by atoms with Gasteiger partial charge in [0.15, 0.2) is 17.1 Å². The lowest BCUT2D eigenvalue weighted by Crippen LogP contribution is -2.58. The van der Waals surface area contributed by atoms with Crippen LogP contribution < -0.4 is 5.73 Å². The molecule has 0 aliphatic heterocycles. The van der Waals surface area contributed by atoms with Crippen LogP contribution in [0.15, 0.2) is 91.3 Å². The van der Waals surface area contributed by atoms with Crippen LogP contribution in [0.5, 0.6) is 0 Å². The van der Waals surface area contributed by atoms with Crippen molar-refractivity contribution in [2.75, 3.05) is 0 Å². The fourth-order valence-corrected chi connectivity index (χ4v) is 5.63. The van der Waals surface area contributed by atoms with Gasteiger partial charge in [0.2, 0.25) is 0 Å². The van der Waals surface area contributed by atoms with Crippen LogP contribution in [0.2, 0.25) is 0 Å². The fraction of sp³-hybridized carbons (Fsp3) is 0.167. The Balaban J connectivity index is 1.42. The van der Waals surface area contributed by atoms with E-state index in [1.54, 1.807) is 12.4 Å². The van der Waals surface area contributed by atoms with Crippen molar-refractivity contribution >= 4 is 16.8 Å². The lowest BCUT2D eigenvalue weighted by molar-refractivity contribution is -0.0738. The van der Waals surface area contributed by atoms with E-state index in [0.29, 0.717) is 30.0 Å². The van der Waals surface area contributed by atoms with Gasteiger partial charge in [0.1, 0.15) is 5.52 Å². The predicted octanol–water partition coefficient (Wildman–Crippen LogP) is 4.77. The maximum absolute atomic E-state index is 10.2. The molecule has 7 rings (SSSR count). The molecule has 0 atom stereocenters. The van der Waals surface area contributed by atoms with E-state index >= 15 is 0 Å². The van der Waals surface area contributed by atoms with Crippen LogP contribution in [0, 0.1) is 0 Å². The molecule has 38 heavy (non-hydrogen) atoms. The molecule has 0 bridgehead atoms. The third-order valence-electron chi connectivity index (χ3n) is 7.29. The largest absolute Gasteiger partial charge is 0.390 e. The molecule has 0 radical (unpaired) electrons. The van der Waals surface area contributed by atoms with Gasteiger partial charge in [-0.2, -0.15) is 0 Å². The molecule has 186 valence electrons. The number of rotatable bonds is 4. The van der Waals surface area contributed by atoms with E-state index in [-0.39, 0.29) is 0 Å². The molecule has 0 spiro atoms. The summed E-state index contributed by atoms with van der Waals surface area (Å²) in [6.45, 7) is 1.83. The van der Waals surface area contributed by atoms with Crippen LogP contribution in [0.3, 0.4) is 0 Å². The highest BCUT2D eigenvalue weighted by Crippen LogP contribution is 2.46. The molecule has 4 aromatic heterocycles. The Morgan fingerprint density at radius 3 is 2.21 bits per heavy atom. The second-order valence-electron chi connectivity index (χ2n) is 10.4. The minimum atomic E-state index is -0.708. The summed E-state index contributed by atoms with van der Waals surface area (Å²) >= 11 is 0. The number of aromatic nitrogens is 6. The molecule has 8 nitrogen and oxygen atoms in total. The van der Waals surface area contributed by atoms with Gasteiger partial charge in [-0.1, -0.05) is 54.6 Å². The van der Waals surface area contributed by atoms with Gasteiger partial charge in [-0.25, -0.2) is 9.97 Å². The first-order valence-corrected chi connectivity index (χ1v) is 12.5. The van der Waals surface area contributed by atoms with Gasteiger partial charge in [0.05, 0.1) is 17.0 Å². The zero-order valence-electron chi connectivity index (χ0n) is 20.8. The summed E-state index contributed by atoms with van der Waals surface area (Å²) in [6, 6.07) is 25.9. The monoisotopic (exact) mass is 499 g/mol. The minimum Gasteiger partial charge on any atom is -0.390 e. The SMILES string of the molecule is CC1(O)CC(N)(c2ccc(-c3nc4ccc5nnc(-c6cccnc6)n5c4nc3-c3ccccc3)cc2)C1. The van der Waals surface area contributed by atoms with Gasteiger partial charge in [-0.3, -0.25) is 9.38 Å². The predicted molar refractivity (Wildman–Crippen MR) is 146 cm³/mol. The first kappa shape index (κ1) is 22.7. The molecule has 1 aliphatic rings. The Morgan fingerprint density at radius 2 is 1.50 bits per heavy atom. The van der Waals surface area contributed by atoms with Crippen molar-refractivity contribution in [1.29, 1.82) is 0 Å². The van der Waals surface area contributed by atoms with E-state index in [1.807, 2.05) is 90.2 Å². The summed E-state index contributed by atoms with van der Waals surface area (Å²) < 4.78 is 1.93. The molecule has 0 unspecified atom stereocenters. The highest BCUT2D eigenvalue weighted by atomic mass is 16.3. The molecule has 8 heteroatoms. The Labute approximate surface area is 218 Å². The van der Waals surface area contributed by atoms with Gasteiger partial charge in [0.25, 0.3) is 0 Å². The molecule has 0 amide bonds. The number of hydrogen-bond donors (Lipinski definition) is 2. The summed E-state index contributed by atoms with van der Waals surface area (Å²) in [4.78, 5) is 14.5. The molecule has 3 N–H and O–H groups in total. The average molecular weight is 500 g/mol. The van der Waals surface area contributed by atoms with Crippen LogP contribution in [-0.4, -0.2) is 40.3 Å². The molecule has 1 fully saturated rings. The Hall–Kier alpha value is -4.53. The van der Waals surface area contributed by atoms with Crippen LogP contribution >= 0.6 is 0 Å². The molecule has 0 saturated heterocycles. The number of nitrogens with zero attached hydrogens (tertiary/aromatic N) is 6. The van der Waals surface area contributed by atoms with Crippen LogP contribution in [0.4, 0.5) is 0 Å². The Bertz CT molecular complexity index is 1790.